The largest absolute Gasteiger partial charge is 0.397 e. The Morgan fingerprint density at radius 2 is 0.909 bits per heavy atom. The summed E-state index contributed by atoms with van der Waals surface area (Å²) in [5.74, 6) is 0. The van der Waals surface area contributed by atoms with Crippen LogP contribution in [0.15, 0.2) is 200 Å². The van der Waals surface area contributed by atoms with Crippen LogP contribution in [-0.4, -0.2) is 0 Å². The van der Waals surface area contributed by atoms with E-state index in [-0.39, 0.29) is 5.41 Å². The predicted octanol–water partition coefficient (Wildman–Crippen LogP) is 13.7. The van der Waals surface area contributed by atoms with Crippen molar-refractivity contribution in [2.75, 3.05) is 15.5 Å². The van der Waals surface area contributed by atoms with Crippen LogP contribution in [0.5, 0.6) is 0 Å². The quantitative estimate of drug-likeness (QED) is 0.151. The summed E-state index contributed by atoms with van der Waals surface area (Å²) in [6.45, 7) is 5.39. The Balaban J connectivity index is 1.04. The Hall–Kier alpha value is -6.84. The Bertz CT molecular complexity index is 2570. The fourth-order valence-electron chi connectivity index (χ4n) is 8.16. The van der Waals surface area contributed by atoms with Gasteiger partial charge in [0.2, 0.25) is 0 Å². The summed E-state index contributed by atoms with van der Waals surface area (Å²) in [6.07, 6.45) is 0. The van der Waals surface area contributed by atoms with Gasteiger partial charge < -0.3 is 15.5 Å². The second-order valence-electron chi connectivity index (χ2n) is 14.9. The van der Waals surface area contributed by atoms with Gasteiger partial charge in [0.05, 0.1) is 11.4 Å². The smallest absolute Gasteiger partial charge is 0.0647 e. The summed E-state index contributed by atoms with van der Waals surface area (Å²) in [5.41, 5.74) is 24.0. The SMILES string of the molecule is CC1(C)c2ccccc2-c2ccc(N(c3ccc(-c4ccccc4)cc3)c3ccc(-c4ccc(CN(c5ccccc5)c5ccccc5N)cc4)cc3)cc21. The zero-order valence-electron chi connectivity index (χ0n) is 31.2. The Labute approximate surface area is 324 Å². The topological polar surface area (TPSA) is 32.5 Å². The third-order valence-electron chi connectivity index (χ3n) is 11.1. The monoisotopic (exact) mass is 709 g/mol. The van der Waals surface area contributed by atoms with Crippen molar-refractivity contribution in [3.63, 3.8) is 0 Å². The lowest BCUT2D eigenvalue weighted by Crippen LogP contribution is -2.17. The van der Waals surface area contributed by atoms with Crippen molar-refractivity contribution in [3.8, 4) is 33.4 Å². The molecule has 3 heteroatoms. The number of benzene rings is 8. The number of para-hydroxylation sites is 3. The molecule has 0 amide bonds. The number of anilines is 6. The second-order valence-corrected chi connectivity index (χ2v) is 14.9. The molecule has 0 unspecified atom stereocenters. The highest BCUT2D eigenvalue weighted by Crippen LogP contribution is 2.50. The zero-order chi connectivity index (χ0) is 37.4. The first kappa shape index (κ1) is 34.0. The zero-order valence-corrected chi connectivity index (χ0v) is 31.2. The maximum Gasteiger partial charge on any atom is 0.0647 e. The van der Waals surface area contributed by atoms with Crippen molar-refractivity contribution in [1.29, 1.82) is 0 Å². The Kier molecular flexibility index (Phi) is 8.76. The van der Waals surface area contributed by atoms with Gasteiger partial charge >= 0.3 is 0 Å². The third-order valence-corrected chi connectivity index (χ3v) is 11.1. The van der Waals surface area contributed by atoms with Crippen LogP contribution in [0.25, 0.3) is 33.4 Å². The molecule has 0 aliphatic heterocycles. The van der Waals surface area contributed by atoms with E-state index in [4.69, 9.17) is 5.73 Å². The van der Waals surface area contributed by atoms with Crippen LogP contribution >= 0.6 is 0 Å². The maximum absolute atomic E-state index is 6.46. The van der Waals surface area contributed by atoms with Gasteiger partial charge in [-0.05, 0) is 111 Å². The van der Waals surface area contributed by atoms with Gasteiger partial charge in [-0.1, -0.05) is 153 Å². The lowest BCUT2D eigenvalue weighted by Gasteiger charge is -2.28. The van der Waals surface area contributed by atoms with Gasteiger partial charge in [-0.2, -0.15) is 0 Å². The normalized spacial score (nSPS) is 12.5. The van der Waals surface area contributed by atoms with E-state index in [0.29, 0.717) is 6.54 Å². The highest BCUT2D eigenvalue weighted by Gasteiger charge is 2.35. The van der Waals surface area contributed by atoms with Gasteiger partial charge in [-0.15, -0.1) is 0 Å². The molecule has 9 rings (SSSR count). The first-order valence-corrected chi connectivity index (χ1v) is 19.0. The van der Waals surface area contributed by atoms with E-state index >= 15 is 0 Å². The van der Waals surface area contributed by atoms with Crippen molar-refractivity contribution in [2.45, 2.75) is 25.8 Å². The molecule has 2 N–H and O–H groups in total. The molecule has 8 aromatic rings. The first-order valence-electron chi connectivity index (χ1n) is 19.0. The van der Waals surface area contributed by atoms with Gasteiger partial charge in [0, 0.05) is 34.7 Å². The number of nitrogens with zero attached hydrogens (tertiary/aromatic N) is 2. The Morgan fingerprint density at radius 1 is 0.418 bits per heavy atom. The van der Waals surface area contributed by atoms with Crippen molar-refractivity contribution in [2.24, 2.45) is 0 Å². The first-order chi connectivity index (χ1) is 26.9. The number of fused-ring (bicyclic) bond motifs is 3. The molecule has 0 heterocycles. The van der Waals surface area contributed by atoms with Gasteiger partial charge in [0.1, 0.15) is 0 Å². The molecule has 0 atom stereocenters. The lowest BCUT2D eigenvalue weighted by molar-refractivity contribution is 0.660. The molecule has 55 heavy (non-hydrogen) atoms. The minimum absolute atomic E-state index is 0.0907. The van der Waals surface area contributed by atoms with Crippen molar-refractivity contribution >= 4 is 34.1 Å². The third kappa shape index (κ3) is 6.45. The van der Waals surface area contributed by atoms with E-state index in [0.717, 1.165) is 34.1 Å². The molecule has 0 saturated carbocycles. The minimum Gasteiger partial charge on any atom is -0.397 e. The molecule has 1 aliphatic rings. The van der Waals surface area contributed by atoms with Crippen LogP contribution in [0, 0.1) is 0 Å². The van der Waals surface area contributed by atoms with E-state index < -0.39 is 0 Å². The molecule has 0 aromatic heterocycles. The minimum atomic E-state index is -0.0907. The van der Waals surface area contributed by atoms with Crippen LogP contribution in [0.1, 0.15) is 30.5 Å². The van der Waals surface area contributed by atoms with Crippen LogP contribution in [0.2, 0.25) is 0 Å². The van der Waals surface area contributed by atoms with E-state index in [2.05, 4.69) is 200 Å². The van der Waals surface area contributed by atoms with Crippen LogP contribution in [0.4, 0.5) is 34.1 Å². The predicted molar refractivity (Wildman–Crippen MR) is 233 cm³/mol. The second kappa shape index (κ2) is 14.2. The summed E-state index contributed by atoms with van der Waals surface area (Å²) in [6, 6.07) is 71.7. The number of hydrogen-bond acceptors (Lipinski definition) is 3. The number of nitrogen functional groups attached to an aromatic ring is 1. The molecule has 8 aromatic carbocycles. The molecule has 0 fully saturated rings. The molecular weight excluding hydrogens is 667 g/mol. The van der Waals surface area contributed by atoms with E-state index in [1.54, 1.807) is 0 Å². The molecule has 0 saturated heterocycles. The van der Waals surface area contributed by atoms with E-state index in [1.165, 1.54) is 50.1 Å². The Morgan fingerprint density at radius 3 is 1.55 bits per heavy atom. The van der Waals surface area contributed by atoms with Gasteiger partial charge in [0.25, 0.3) is 0 Å². The van der Waals surface area contributed by atoms with Gasteiger partial charge in [0.15, 0.2) is 0 Å². The standard InChI is InChI=1S/C52H43N3/c1-52(2)48-18-10-9-17-46(48)47-34-33-45(35-49(47)52)55(43-29-25-40(26-30-43)38-13-5-3-6-14-38)44-31-27-41(28-32-44)39-23-21-37(22-24-39)36-54(42-15-7-4-8-16-42)51-20-12-11-19-50(51)53/h3-35H,36,53H2,1-2H3. The molecular formula is C52H43N3. The molecule has 3 nitrogen and oxygen atoms in total. The lowest BCUT2D eigenvalue weighted by atomic mass is 9.82. The van der Waals surface area contributed by atoms with Crippen LogP contribution < -0.4 is 15.5 Å². The summed E-state index contributed by atoms with van der Waals surface area (Å²) in [5, 5.41) is 0. The molecule has 266 valence electrons. The van der Waals surface area contributed by atoms with Gasteiger partial charge in [-0.25, -0.2) is 0 Å². The molecule has 0 bridgehead atoms. The van der Waals surface area contributed by atoms with Crippen molar-refractivity contribution in [1.82, 2.24) is 0 Å². The maximum atomic E-state index is 6.46. The highest BCUT2D eigenvalue weighted by atomic mass is 15.1. The van der Waals surface area contributed by atoms with E-state index in [1.807, 2.05) is 24.3 Å². The van der Waals surface area contributed by atoms with Crippen molar-refractivity contribution in [3.05, 3.63) is 217 Å². The molecule has 0 radical (unpaired) electrons. The average molecular weight is 710 g/mol. The number of hydrogen-bond donors (Lipinski definition) is 1. The van der Waals surface area contributed by atoms with Gasteiger partial charge in [-0.3, -0.25) is 0 Å². The summed E-state index contributed by atoms with van der Waals surface area (Å²) in [4.78, 5) is 4.66. The van der Waals surface area contributed by atoms with Crippen LogP contribution in [-0.2, 0) is 12.0 Å². The number of nitrogens with two attached hydrogens (primary N) is 1. The fraction of sp³-hybridized carbons (Fsp3) is 0.0769. The summed E-state index contributed by atoms with van der Waals surface area (Å²) < 4.78 is 0. The molecule has 1 aliphatic carbocycles. The fourth-order valence-corrected chi connectivity index (χ4v) is 8.16. The highest BCUT2D eigenvalue weighted by molar-refractivity contribution is 5.86. The average Bonchev–Trinajstić information content (AvgIpc) is 3.47. The molecule has 0 spiro atoms. The summed E-state index contributed by atoms with van der Waals surface area (Å²) in [7, 11) is 0. The van der Waals surface area contributed by atoms with Crippen molar-refractivity contribution < 1.29 is 0 Å². The van der Waals surface area contributed by atoms with E-state index in [9.17, 15) is 0 Å². The van der Waals surface area contributed by atoms with Crippen LogP contribution in [0.3, 0.4) is 0 Å². The summed E-state index contributed by atoms with van der Waals surface area (Å²) >= 11 is 0. The number of rotatable bonds is 9.